The Morgan fingerprint density at radius 3 is 2.50 bits per heavy atom. The van der Waals surface area contributed by atoms with Gasteiger partial charge in [-0.1, -0.05) is 6.07 Å². The molecule has 1 heterocycles. The van der Waals surface area contributed by atoms with E-state index in [1.54, 1.807) is 20.2 Å². The Balaban J connectivity index is 1.58. The lowest BCUT2D eigenvalue weighted by atomic mass is 9.58. The van der Waals surface area contributed by atoms with Crippen LogP contribution in [-0.4, -0.2) is 87.7 Å². The Morgan fingerprint density at radius 1 is 1.18 bits per heavy atom. The molecule has 0 aromatic heterocycles. The second-order valence-corrected chi connectivity index (χ2v) is 11.0. The Morgan fingerprint density at radius 2 is 1.87 bits per heavy atom. The molecule has 38 heavy (non-hydrogen) atoms. The smallest absolute Gasteiger partial charge is 0.255 e. The van der Waals surface area contributed by atoms with Crippen molar-refractivity contribution >= 4 is 17.5 Å². The molecule has 0 unspecified atom stereocenters. The van der Waals surface area contributed by atoms with E-state index in [1.165, 1.54) is 11.0 Å². The summed E-state index contributed by atoms with van der Waals surface area (Å²) in [6.07, 6.45) is 2.31. The van der Waals surface area contributed by atoms with Gasteiger partial charge in [0.2, 0.25) is 5.78 Å². The maximum Gasteiger partial charge on any atom is 0.255 e. The average Bonchev–Trinajstić information content (AvgIpc) is 2.86. The first-order valence-corrected chi connectivity index (χ1v) is 12.9. The van der Waals surface area contributed by atoms with Gasteiger partial charge in [0.15, 0.2) is 11.4 Å². The minimum atomic E-state index is -2.63. The molecule has 1 aromatic rings. The lowest BCUT2D eigenvalue weighted by Crippen LogP contribution is -2.63. The van der Waals surface area contributed by atoms with Gasteiger partial charge in [0, 0.05) is 24.1 Å². The minimum absolute atomic E-state index is 0.0374. The quantitative estimate of drug-likeness (QED) is 0.257. The Bertz CT molecular complexity index is 1280. The van der Waals surface area contributed by atoms with Crippen molar-refractivity contribution in [3.8, 4) is 5.75 Å². The Kier molecular flexibility index (Phi) is 6.59. The van der Waals surface area contributed by atoms with Crippen molar-refractivity contribution in [2.24, 2.45) is 17.6 Å². The van der Waals surface area contributed by atoms with Gasteiger partial charge in [-0.05, 0) is 76.0 Å². The van der Waals surface area contributed by atoms with Crippen LogP contribution in [0, 0.1) is 11.8 Å². The number of nitrogens with two attached hydrogens (primary N) is 1. The Labute approximate surface area is 220 Å². The number of benzene rings is 1. The number of hydrogen-bond donors (Lipinski definition) is 7. The van der Waals surface area contributed by atoms with Crippen molar-refractivity contribution in [3.63, 3.8) is 0 Å². The molecule has 1 amide bonds. The first-order chi connectivity index (χ1) is 18.0. The molecule has 4 atom stereocenters. The third kappa shape index (κ3) is 3.84. The van der Waals surface area contributed by atoms with Gasteiger partial charge < -0.3 is 36.8 Å². The van der Waals surface area contributed by atoms with Crippen LogP contribution in [0.25, 0.3) is 0 Å². The van der Waals surface area contributed by atoms with Crippen LogP contribution in [0.4, 0.5) is 0 Å². The van der Waals surface area contributed by atoms with E-state index in [-0.39, 0.29) is 29.7 Å². The molecule has 1 saturated heterocycles. The number of piperidine rings is 1. The molecule has 4 aliphatic rings. The monoisotopic (exact) mass is 526 g/mol. The number of nitrogens with one attached hydrogen (secondary N) is 2. The molecule has 0 bridgehead atoms. The lowest BCUT2D eigenvalue weighted by Gasteiger charge is -2.50. The molecule has 11 heteroatoms. The van der Waals surface area contributed by atoms with Crippen molar-refractivity contribution in [1.82, 2.24) is 15.5 Å². The number of hydrogen-bond acceptors (Lipinski definition) is 10. The van der Waals surface area contributed by atoms with Gasteiger partial charge in [0.05, 0.1) is 11.6 Å². The van der Waals surface area contributed by atoms with E-state index >= 15 is 0 Å². The molecule has 3 aliphatic carbocycles. The van der Waals surface area contributed by atoms with E-state index in [0.29, 0.717) is 18.2 Å². The summed E-state index contributed by atoms with van der Waals surface area (Å²) >= 11 is 0. The molecular weight excluding hydrogens is 492 g/mol. The number of phenolic OH excluding ortho intramolecular Hbond substituents is 1. The fourth-order valence-electron chi connectivity index (χ4n) is 6.76. The summed E-state index contributed by atoms with van der Waals surface area (Å²) in [5.41, 5.74) is 3.32. The number of amides is 1. The number of allylic oxidation sites excluding steroid dienone is 1. The van der Waals surface area contributed by atoms with E-state index in [0.717, 1.165) is 31.5 Å². The summed E-state index contributed by atoms with van der Waals surface area (Å²) in [5, 5.41) is 51.4. The van der Waals surface area contributed by atoms with Gasteiger partial charge in [-0.15, -0.1) is 0 Å². The van der Waals surface area contributed by atoms with Crippen molar-refractivity contribution in [1.29, 1.82) is 0 Å². The summed E-state index contributed by atoms with van der Waals surface area (Å²) < 4.78 is 0. The number of aliphatic hydroxyl groups is 3. The van der Waals surface area contributed by atoms with E-state index in [4.69, 9.17) is 5.73 Å². The molecule has 11 nitrogen and oxygen atoms in total. The van der Waals surface area contributed by atoms with Crippen LogP contribution in [0.3, 0.4) is 0 Å². The molecule has 0 radical (unpaired) electrons. The number of likely N-dealkylation sites (N-methyl/N-ethyl adjacent to an activating group) is 1. The van der Waals surface area contributed by atoms with Crippen molar-refractivity contribution in [2.75, 3.05) is 27.2 Å². The SMILES string of the molecule is CN(C)[C@H]1C(O)=C(C(N)=O)C(=O)[C@@]2(O)C(O)=C3C(=O)c4c(O)ccc(CNC5CCNCC5)c4C[C@H]3C[C@@H]12. The first kappa shape index (κ1) is 26.4. The minimum Gasteiger partial charge on any atom is -0.510 e. The van der Waals surface area contributed by atoms with Gasteiger partial charge in [-0.2, -0.15) is 0 Å². The van der Waals surface area contributed by atoms with Gasteiger partial charge in [0.1, 0.15) is 22.8 Å². The van der Waals surface area contributed by atoms with E-state index in [1.807, 2.05) is 0 Å². The number of carbonyl (C=O) groups excluding carboxylic acids is 3. The average molecular weight is 527 g/mol. The van der Waals surface area contributed by atoms with Crippen LogP contribution in [-0.2, 0) is 22.6 Å². The molecule has 0 spiro atoms. The van der Waals surface area contributed by atoms with E-state index in [2.05, 4.69) is 10.6 Å². The van der Waals surface area contributed by atoms with Gasteiger partial charge in [-0.3, -0.25) is 19.3 Å². The van der Waals surface area contributed by atoms with Crippen molar-refractivity contribution in [3.05, 3.63) is 51.5 Å². The van der Waals surface area contributed by atoms with Gasteiger partial charge >= 0.3 is 0 Å². The molecule has 1 aromatic carbocycles. The molecule has 204 valence electrons. The number of aliphatic hydroxyl groups excluding tert-OH is 2. The van der Waals surface area contributed by atoms with E-state index < -0.39 is 58.0 Å². The highest BCUT2D eigenvalue weighted by molar-refractivity contribution is 6.24. The maximum atomic E-state index is 13.8. The maximum absolute atomic E-state index is 13.8. The topological polar surface area (TPSA) is 185 Å². The molecule has 1 fully saturated rings. The number of fused-ring (bicyclic) bond motifs is 3. The third-order valence-corrected chi connectivity index (χ3v) is 8.62. The van der Waals surface area contributed by atoms with Crippen molar-refractivity contribution in [2.45, 2.75) is 49.9 Å². The fourth-order valence-corrected chi connectivity index (χ4v) is 6.76. The highest BCUT2D eigenvalue weighted by Gasteiger charge is 2.63. The van der Waals surface area contributed by atoms with Crippen LogP contribution in [0.5, 0.6) is 5.75 Å². The summed E-state index contributed by atoms with van der Waals surface area (Å²) in [6, 6.07) is 2.54. The predicted molar refractivity (Wildman–Crippen MR) is 136 cm³/mol. The molecule has 1 aliphatic heterocycles. The van der Waals surface area contributed by atoms with Gasteiger partial charge in [-0.25, -0.2) is 0 Å². The van der Waals surface area contributed by atoms with Crippen LogP contribution in [0.15, 0.2) is 34.8 Å². The number of phenols is 1. The summed E-state index contributed by atoms with van der Waals surface area (Å²) in [5.74, 6) is -6.45. The lowest BCUT2D eigenvalue weighted by molar-refractivity contribution is -0.148. The first-order valence-electron chi connectivity index (χ1n) is 12.9. The van der Waals surface area contributed by atoms with Crippen molar-refractivity contribution < 1.29 is 34.8 Å². The largest absolute Gasteiger partial charge is 0.510 e. The number of carbonyl (C=O) groups is 3. The number of primary amides is 1. The predicted octanol–water partition coefficient (Wildman–Crippen LogP) is -0.0378. The summed E-state index contributed by atoms with van der Waals surface area (Å²) in [4.78, 5) is 40.7. The zero-order valence-corrected chi connectivity index (χ0v) is 21.5. The highest BCUT2D eigenvalue weighted by atomic mass is 16.3. The number of nitrogens with zero attached hydrogens (tertiary/aromatic N) is 1. The number of aromatic hydroxyl groups is 1. The number of ketones is 2. The second kappa shape index (κ2) is 9.49. The van der Waals surface area contributed by atoms with E-state index in [9.17, 15) is 34.8 Å². The Hall–Kier alpha value is -3.25. The van der Waals surface area contributed by atoms with Gasteiger partial charge in [0.25, 0.3) is 5.91 Å². The summed E-state index contributed by atoms with van der Waals surface area (Å²) in [7, 11) is 3.21. The molecule has 8 N–H and O–H groups in total. The zero-order chi connectivity index (χ0) is 27.5. The fraction of sp³-hybridized carbons (Fsp3) is 0.519. The normalized spacial score (nSPS) is 29.8. The second-order valence-electron chi connectivity index (χ2n) is 11.0. The van der Waals surface area contributed by atoms with Crippen LogP contribution in [0.2, 0.25) is 0 Å². The molecule has 0 saturated carbocycles. The standard InChI is InChI=1S/C27H34N4O7/c1-31(2)21-16-10-13-9-15-12(11-30-14-5-7-29-8-6-14)3-4-17(32)19(15)22(33)18(13)24(35)27(16,38)25(36)20(23(21)34)26(28)37/h3-4,13-14,16,21,29-30,32,34-35,38H,5-11H2,1-2H3,(H2,28,37)/t13-,16-,21+,27-/m0/s1. The summed E-state index contributed by atoms with van der Waals surface area (Å²) in [6.45, 7) is 2.35. The number of rotatable bonds is 5. The van der Waals surface area contributed by atoms with Crippen LogP contribution in [0.1, 0.15) is 40.7 Å². The van der Waals surface area contributed by atoms with Crippen LogP contribution < -0.4 is 16.4 Å². The highest BCUT2D eigenvalue weighted by Crippen LogP contribution is 2.52. The third-order valence-electron chi connectivity index (χ3n) is 8.62. The molecule has 5 rings (SSSR count). The van der Waals surface area contributed by atoms with Crippen LogP contribution >= 0.6 is 0 Å². The molecular formula is C27H34N4O7. The number of Topliss-reactive ketones (excluding diaryl/α,β-unsaturated/α-hetero) is 2. The zero-order valence-electron chi connectivity index (χ0n) is 21.5.